The molecular formula is C99H84F12N18O18. The first-order valence-corrected chi connectivity index (χ1v) is 44.9. The van der Waals surface area contributed by atoms with Crippen molar-refractivity contribution in [1.82, 2.24) is 73.3 Å². The Morgan fingerprint density at radius 1 is 0.374 bits per heavy atom. The van der Waals surface area contributed by atoms with Crippen LogP contribution in [-0.4, -0.2) is 222 Å². The lowest BCUT2D eigenvalue weighted by Crippen LogP contribution is -2.53. The molecule has 3 amide bonds. The molecule has 0 saturated carbocycles. The number of nitrogens with one attached hydrogen (secondary N) is 3. The number of carboxylic acid groups (broad SMARTS) is 3. The van der Waals surface area contributed by atoms with Gasteiger partial charge in [-0.25, -0.2) is 55.6 Å². The monoisotopic (exact) mass is 2040 g/mol. The molecule has 0 spiro atoms. The van der Waals surface area contributed by atoms with E-state index in [1.807, 2.05) is 0 Å². The van der Waals surface area contributed by atoms with Gasteiger partial charge in [0.25, 0.3) is 34.4 Å². The van der Waals surface area contributed by atoms with Crippen LogP contribution in [0.25, 0.3) is 82.5 Å². The van der Waals surface area contributed by atoms with Crippen LogP contribution in [0.2, 0.25) is 0 Å². The molecule has 0 radical (unpaired) electrons. The predicted octanol–water partition coefficient (Wildman–Crippen LogP) is 9.82. The second-order valence-electron chi connectivity index (χ2n) is 34.6. The van der Waals surface area contributed by atoms with Gasteiger partial charge >= 0.3 is 53.5 Å². The molecule has 36 nitrogen and oxygen atoms in total. The van der Waals surface area contributed by atoms with E-state index in [4.69, 9.17) is 14.2 Å². The first kappa shape index (κ1) is 103. The number of hydrogen-bond donors (Lipinski definition) is 6. The number of fused-ring (bicyclic) bond motifs is 6. The summed E-state index contributed by atoms with van der Waals surface area (Å²) in [5, 5.41) is 39.0. The van der Waals surface area contributed by atoms with E-state index >= 15 is 13.2 Å². The number of morpholine rings is 3. The standard InChI is InChI=1S/3C33H28F4N6O6/c3*1-17-12-19(42-10-11-49-16-26(42)33(35,36)37)14-22(34)27(17)29(44)40-23(31(46)47)13-18-5-6-24(28-20(18)4-3-8-39-28)43-30(45)21-7-9-38-15-25(21)41(2)32(43)48/h3*3-9,12,14-15,23,26H,10-11,13,16H2,1-2H3,(H,40,44)(H,46,47)/t3*23-,26+/m000/s1. The van der Waals surface area contributed by atoms with Gasteiger partial charge in [0, 0.05) is 130 Å². The Morgan fingerprint density at radius 2 is 0.633 bits per heavy atom. The molecule has 3 fully saturated rings. The number of aliphatic carboxylic acids is 3. The SMILES string of the molecule is Cc1cc(N2CCOC[C@@H]2C(F)(F)F)cc(F)c1C(=O)N[C@@H](Cc1ccc(-n2c(=O)c3ccncc3n(C)c2=O)c2ncccc12)C(=O)O.Cc1cc(N2CCOC[C@@H]2C(F)(F)F)cc(F)c1C(=O)N[C@@H](Cc1ccc(-n2c(=O)c3ccncc3n(C)c2=O)c2ncccc12)C(=O)O.Cc1cc(N2CCOC[C@@H]2C(F)(F)F)cc(F)c1C(=O)N[C@@H](Cc1ccc(-n2c(=O)c3ccncc3n(C)c2=O)c2ncccc12)C(=O)O. The highest BCUT2D eigenvalue weighted by Gasteiger charge is 2.49. The third-order valence-corrected chi connectivity index (χ3v) is 25.6. The molecule has 3 saturated heterocycles. The second-order valence-corrected chi connectivity index (χ2v) is 34.6. The molecule has 762 valence electrons. The minimum atomic E-state index is -4.65. The maximum absolute atomic E-state index is 15.4. The molecule has 15 aromatic rings. The smallest absolute Gasteiger partial charge is 0.411 e. The van der Waals surface area contributed by atoms with Crippen molar-refractivity contribution in [3.8, 4) is 17.1 Å². The lowest BCUT2D eigenvalue weighted by Gasteiger charge is -2.38. The number of ether oxygens (including phenoxy) is 3. The number of carbonyl (C=O) groups excluding carboxylic acids is 3. The Hall–Kier alpha value is -16.9. The number of carbonyl (C=O) groups is 6. The molecule has 18 rings (SSSR count). The fourth-order valence-corrected chi connectivity index (χ4v) is 18.3. The average molecular weight is 2040 g/mol. The minimum Gasteiger partial charge on any atom is -0.480 e. The number of aryl methyl sites for hydroxylation is 6. The zero-order valence-corrected chi connectivity index (χ0v) is 78.0. The van der Waals surface area contributed by atoms with Crippen LogP contribution in [0.15, 0.2) is 212 Å². The summed E-state index contributed by atoms with van der Waals surface area (Å²) in [4.78, 5) is 185. The number of aromatic nitrogens is 12. The molecule has 12 heterocycles. The quantitative estimate of drug-likeness (QED) is 0.0364. The van der Waals surface area contributed by atoms with Crippen molar-refractivity contribution >= 4 is 118 Å². The summed E-state index contributed by atoms with van der Waals surface area (Å²) in [7, 11) is 4.48. The van der Waals surface area contributed by atoms with Crippen molar-refractivity contribution in [3.05, 3.63) is 313 Å². The number of rotatable bonds is 21. The first-order chi connectivity index (χ1) is 69.8. The zero-order chi connectivity index (χ0) is 106. The van der Waals surface area contributed by atoms with Gasteiger partial charge in [0.1, 0.15) is 53.7 Å². The van der Waals surface area contributed by atoms with Gasteiger partial charge in [-0.2, -0.15) is 39.5 Å². The van der Waals surface area contributed by atoms with E-state index in [2.05, 4.69) is 45.9 Å². The Kier molecular flexibility index (Phi) is 29.0. The molecule has 0 bridgehead atoms. The largest absolute Gasteiger partial charge is 0.480 e. The van der Waals surface area contributed by atoms with Crippen LogP contribution >= 0.6 is 0 Å². The summed E-state index contributed by atoms with van der Waals surface area (Å²) in [5.74, 6) is -10.9. The molecular weight excluding hydrogens is 1960 g/mol. The topological polar surface area (TPSA) is 446 Å². The molecule has 3 aliphatic heterocycles. The maximum Gasteiger partial charge on any atom is 0.411 e. The number of carboxylic acids is 3. The molecule has 6 aromatic carbocycles. The van der Waals surface area contributed by atoms with E-state index in [0.29, 0.717) is 49.4 Å². The predicted molar refractivity (Wildman–Crippen MR) is 509 cm³/mol. The summed E-state index contributed by atoms with van der Waals surface area (Å²) in [6.45, 7) is 1.64. The van der Waals surface area contributed by atoms with Crippen LogP contribution < -0.4 is 64.4 Å². The molecule has 0 unspecified atom stereocenters. The number of alkyl halides is 9. The summed E-state index contributed by atoms with van der Waals surface area (Å²) in [5.41, 5.74) is -2.45. The van der Waals surface area contributed by atoms with Gasteiger partial charge in [-0.1, -0.05) is 36.4 Å². The molecule has 6 N–H and O–H groups in total. The molecule has 9 aromatic heterocycles. The van der Waals surface area contributed by atoms with Crippen molar-refractivity contribution in [3.63, 3.8) is 0 Å². The highest BCUT2D eigenvalue weighted by molar-refractivity contribution is 6.02. The van der Waals surface area contributed by atoms with Crippen LogP contribution in [0.3, 0.4) is 0 Å². The third kappa shape index (κ3) is 20.5. The second kappa shape index (κ2) is 41.4. The summed E-state index contributed by atoms with van der Waals surface area (Å²) >= 11 is 0. The first-order valence-electron chi connectivity index (χ1n) is 44.9. The summed E-state index contributed by atoms with van der Waals surface area (Å²) in [6, 6.07) is 18.3. The number of halogens is 12. The van der Waals surface area contributed by atoms with Crippen molar-refractivity contribution in [2.24, 2.45) is 21.1 Å². The van der Waals surface area contributed by atoms with Gasteiger partial charge in [-0.15, -0.1) is 0 Å². The fourth-order valence-electron chi connectivity index (χ4n) is 18.3. The van der Waals surface area contributed by atoms with Gasteiger partial charge in [0.2, 0.25) is 0 Å². The Balaban J connectivity index is 0.000000158. The number of benzene rings is 6. The number of anilines is 3. The molecule has 3 aliphatic rings. The Labute approximate surface area is 818 Å². The van der Waals surface area contributed by atoms with Crippen LogP contribution in [0.5, 0.6) is 0 Å². The van der Waals surface area contributed by atoms with Crippen molar-refractivity contribution < 1.29 is 111 Å². The van der Waals surface area contributed by atoms with Crippen LogP contribution in [-0.2, 0) is 69.0 Å². The summed E-state index contributed by atoms with van der Waals surface area (Å²) < 4.78 is 190. The van der Waals surface area contributed by atoms with Gasteiger partial charge in [-0.3, -0.25) is 72.4 Å². The molecule has 147 heavy (non-hydrogen) atoms. The minimum absolute atomic E-state index is 0.00115. The molecule has 6 atom stereocenters. The lowest BCUT2D eigenvalue weighted by molar-refractivity contribution is -0.167. The number of nitrogens with zero attached hydrogens (tertiary/aromatic N) is 15. The highest BCUT2D eigenvalue weighted by atomic mass is 19.4. The Bertz CT molecular complexity index is 7440. The molecule has 48 heteroatoms. The van der Waals surface area contributed by atoms with Gasteiger partial charge in [0.05, 0.1) is 141 Å². The maximum atomic E-state index is 15.4. The zero-order valence-electron chi connectivity index (χ0n) is 78.0. The van der Waals surface area contributed by atoms with E-state index in [0.717, 1.165) is 46.6 Å². The van der Waals surface area contributed by atoms with E-state index in [1.54, 1.807) is 36.4 Å². The van der Waals surface area contributed by atoms with E-state index in [9.17, 15) is 112 Å². The number of hydrogen-bond acceptors (Lipinski definition) is 24. The van der Waals surface area contributed by atoms with Crippen molar-refractivity contribution in [2.45, 2.75) is 94.8 Å². The fraction of sp³-hybridized carbons (Fsp3) is 0.273. The Morgan fingerprint density at radius 3 is 0.871 bits per heavy atom. The number of pyridine rings is 6. The van der Waals surface area contributed by atoms with Crippen LogP contribution in [0, 0.1) is 38.2 Å². The van der Waals surface area contributed by atoms with Gasteiger partial charge in [-0.05, 0) is 145 Å². The van der Waals surface area contributed by atoms with Crippen molar-refractivity contribution in [2.75, 3.05) is 74.0 Å². The lowest BCUT2D eigenvalue weighted by atomic mass is 9.99. The van der Waals surface area contributed by atoms with Crippen molar-refractivity contribution in [1.29, 1.82) is 0 Å². The van der Waals surface area contributed by atoms with E-state index < -0.39 is 178 Å². The number of amides is 3. The van der Waals surface area contributed by atoms with Gasteiger partial charge in [0.15, 0.2) is 0 Å². The average Bonchev–Trinajstić information content (AvgIpc) is 0.749. The third-order valence-electron chi connectivity index (χ3n) is 25.6. The molecule has 0 aliphatic carbocycles. The highest BCUT2D eigenvalue weighted by Crippen LogP contribution is 2.39. The van der Waals surface area contributed by atoms with E-state index in [-0.39, 0.29) is 142 Å². The van der Waals surface area contributed by atoms with Crippen LogP contribution in [0.4, 0.5) is 69.7 Å². The van der Waals surface area contributed by atoms with Gasteiger partial charge < -0.3 is 60.2 Å². The normalized spacial score (nSPS) is 15.8. The van der Waals surface area contributed by atoms with E-state index in [1.165, 1.54) is 184 Å². The summed E-state index contributed by atoms with van der Waals surface area (Å²) in [6.07, 6.45) is -2.07. The van der Waals surface area contributed by atoms with Crippen LogP contribution in [0.1, 0.15) is 64.5 Å².